The van der Waals surface area contributed by atoms with Crippen molar-refractivity contribution in [2.45, 2.75) is 6.54 Å². The molecule has 0 atom stereocenters. The molecule has 4 nitrogen and oxygen atoms in total. The van der Waals surface area contributed by atoms with Gasteiger partial charge in [-0.3, -0.25) is 0 Å². The Morgan fingerprint density at radius 3 is 2.95 bits per heavy atom. The van der Waals surface area contributed by atoms with E-state index in [1.807, 2.05) is 0 Å². The number of hydrogen-bond acceptors (Lipinski definition) is 4. The fourth-order valence-corrected chi connectivity index (χ4v) is 1.75. The molecule has 1 N–H and O–H groups in total. The van der Waals surface area contributed by atoms with Crippen molar-refractivity contribution < 1.29 is 18.3 Å². The van der Waals surface area contributed by atoms with Crippen molar-refractivity contribution in [3.05, 3.63) is 52.7 Å². The van der Waals surface area contributed by atoms with E-state index in [9.17, 15) is 9.18 Å². The molecule has 2 aromatic rings. The molecule has 1 heterocycles. The SMILES string of the molecule is COC(=O)c1coc(CNc2ccc(F)cc2Cl)c1. The van der Waals surface area contributed by atoms with Gasteiger partial charge >= 0.3 is 5.97 Å². The van der Waals surface area contributed by atoms with Crippen molar-refractivity contribution in [2.75, 3.05) is 12.4 Å². The van der Waals surface area contributed by atoms with E-state index in [4.69, 9.17) is 16.0 Å². The molecule has 0 fully saturated rings. The monoisotopic (exact) mass is 283 g/mol. The molecule has 6 heteroatoms. The van der Waals surface area contributed by atoms with E-state index in [1.165, 1.54) is 31.6 Å². The number of methoxy groups -OCH3 is 1. The van der Waals surface area contributed by atoms with E-state index in [0.717, 1.165) is 0 Å². The summed E-state index contributed by atoms with van der Waals surface area (Å²) in [6.45, 7) is 0.322. The van der Waals surface area contributed by atoms with Gasteiger partial charge in [-0.05, 0) is 24.3 Å². The number of ether oxygens (including phenoxy) is 1. The third kappa shape index (κ3) is 3.26. The lowest BCUT2D eigenvalue weighted by molar-refractivity contribution is 0.0600. The lowest BCUT2D eigenvalue weighted by Crippen LogP contribution is -2.00. The maximum absolute atomic E-state index is 12.9. The fourth-order valence-electron chi connectivity index (χ4n) is 1.51. The van der Waals surface area contributed by atoms with Crippen LogP contribution in [0.1, 0.15) is 16.1 Å². The molecule has 0 spiro atoms. The van der Waals surface area contributed by atoms with Gasteiger partial charge in [-0.2, -0.15) is 0 Å². The standard InChI is InChI=1S/C13H11ClFNO3/c1-18-13(17)8-4-10(19-7-8)6-16-12-3-2-9(15)5-11(12)14/h2-5,7,16H,6H2,1H3. The van der Waals surface area contributed by atoms with E-state index in [1.54, 1.807) is 6.07 Å². The lowest BCUT2D eigenvalue weighted by atomic mass is 10.3. The van der Waals surface area contributed by atoms with Crippen LogP contribution in [0.25, 0.3) is 0 Å². The first-order valence-electron chi connectivity index (χ1n) is 5.45. The average Bonchev–Trinajstić information content (AvgIpc) is 2.85. The number of carbonyl (C=O) groups is 1. The summed E-state index contributed by atoms with van der Waals surface area (Å²) in [5.41, 5.74) is 0.920. The highest BCUT2D eigenvalue weighted by atomic mass is 35.5. The fraction of sp³-hybridized carbons (Fsp3) is 0.154. The van der Waals surface area contributed by atoms with Crippen LogP contribution in [0.15, 0.2) is 34.9 Å². The minimum Gasteiger partial charge on any atom is -0.467 e. The topological polar surface area (TPSA) is 51.5 Å². The number of carbonyl (C=O) groups excluding carboxylic acids is 1. The summed E-state index contributed by atoms with van der Waals surface area (Å²) in [5.74, 6) is -0.322. The molecule has 19 heavy (non-hydrogen) atoms. The molecular formula is C13H11ClFNO3. The molecule has 0 amide bonds. The van der Waals surface area contributed by atoms with Crippen LogP contribution in [0.3, 0.4) is 0 Å². The van der Waals surface area contributed by atoms with Gasteiger partial charge in [-0.25, -0.2) is 9.18 Å². The van der Waals surface area contributed by atoms with Gasteiger partial charge in [-0.1, -0.05) is 11.6 Å². The highest BCUT2D eigenvalue weighted by Gasteiger charge is 2.10. The second-order valence-electron chi connectivity index (χ2n) is 3.77. The number of halogens is 2. The van der Waals surface area contributed by atoms with Crippen molar-refractivity contribution in [2.24, 2.45) is 0 Å². The summed E-state index contributed by atoms with van der Waals surface area (Å²) >= 11 is 5.87. The van der Waals surface area contributed by atoms with Crippen molar-refractivity contribution in [3.63, 3.8) is 0 Å². The second-order valence-corrected chi connectivity index (χ2v) is 4.18. The summed E-state index contributed by atoms with van der Waals surface area (Å²) in [6, 6.07) is 5.61. The maximum atomic E-state index is 12.9. The Bertz CT molecular complexity index is 597. The largest absolute Gasteiger partial charge is 0.467 e. The van der Waals surface area contributed by atoms with Crippen molar-refractivity contribution >= 4 is 23.3 Å². The van der Waals surface area contributed by atoms with Crippen LogP contribution in [-0.2, 0) is 11.3 Å². The second kappa shape index (κ2) is 5.75. The van der Waals surface area contributed by atoms with E-state index in [-0.39, 0.29) is 5.02 Å². The number of rotatable bonds is 4. The zero-order chi connectivity index (χ0) is 13.8. The predicted octanol–water partition coefficient (Wildman–Crippen LogP) is 3.47. The smallest absolute Gasteiger partial charge is 0.341 e. The number of esters is 1. The number of nitrogens with one attached hydrogen (secondary N) is 1. The summed E-state index contributed by atoms with van der Waals surface area (Å²) < 4.78 is 22.6. The van der Waals surface area contributed by atoms with Crippen molar-refractivity contribution in [1.29, 1.82) is 0 Å². The minimum absolute atomic E-state index is 0.278. The number of hydrogen-bond donors (Lipinski definition) is 1. The van der Waals surface area contributed by atoms with E-state index in [0.29, 0.717) is 23.6 Å². The van der Waals surface area contributed by atoms with Crippen molar-refractivity contribution in [3.8, 4) is 0 Å². The van der Waals surface area contributed by atoms with Gasteiger partial charge in [0.25, 0.3) is 0 Å². The molecule has 0 radical (unpaired) electrons. The van der Waals surface area contributed by atoms with Gasteiger partial charge in [0, 0.05) is 0 Å². The molecule has 0 aliphatic rings. The van der Waals surface area contributed by atoms with Gasteiger partial charge in [0.1, 0.15) is 17.8 Å². The molecule has 0 aliphatic heterocycles. The molecule has 0 bridgehead atoms. The lowest BCUT2D eigenvalue weighted by Gasteiger charge is -2.06. The third-order valence-corrected chi connectivity index (χ3v) is 2.77. The first-order valence-corrected chi connectivity index (χ1v) is 5.82. The molecule has 0 unspecified atom stereocenters. The molecule has 0 saturated carbocycles. The van der Waals surface area contributed by atoms with Gasteiger partial charge < -0.3 is 14.5 Å². The van der Waals surface area contributed by atoms with Crippen LogP contribution in [0, 0.1) is 5.82 Å². The molecule has 0 saturated heterocycles. The Balaban J connectivity index is 2.02. The van der Waals surface area contributed by atoms with E-state index in [2.05, 4.69) is 10.1 Å². The Morgan fingerprint density at radius 1 is 1.47 bits per heavy atom. The number of furan rings is 1. The van der Waals surface area contributed by atoms with Crippen LogP contribution in [0.5, 0.6) is 0 Å². The molecule has 100 valence electrons. The highest BCUT2D eigenvalue weighted by molar-refractivity contribution is 6.33. The maximum Gasteiger partial charge on any atom is 0.341 e. The van der Waals surface area contributed by atoms with Gasteiger partial charge in [0.2, 0.25) is 0 Å². The average molecular weight is 284 g/mol. The first kappa shape index (κ1) is 13.4. The predicted molar refractivity (Wildman–Crippen MR) is 68.8 cm³/mol. The van der Waals surface area contributed by atoms with Crippen LogP contribution in [0.2, 0.25) is 5.02 Å². The first-order chi connectivity index (χ1) is 9.10. The Labute approximate surface area is 114 Å². The molecule has 1 aromatic heterocycles. The van der Waals surface area contributed by atoms with E-state index < -0.39 is 11.8 Å². The Kier molecular flexibility index (Phi) is 4.06. The van der Waals surface area contributed by atoms with Crippen molar-refractivity contribution in [1.82, 2.24) is 0 Å². The minimum atomic E-state index is -0.463. The van der Waals surface area contributed by atoms with Gasteiger partial charge in [-0.15, -0.1) is 0 Å². The summed E-state index contributed by atoms with van der Waals surface area (Å²) in [6.07, 6.45) is 1.31. The summed E-state index contributed by atoms with van der Waals surface area (Å²) in [7, 11) is 1.30. The highest BCUT2D eigenvalue weighted by Crippen LogP contribution is 2.23. The Hall–Kier alpha value is -2.01. The number of anilines is 1. The summed E-state index contributed by atoms with van der Waals surface area (Å²) in [5, 5.41) is 3.26. The normalized spacial score (nSPS) is 10.3. The zero-order valence-corrected chi connectivity index (χ0v) is 10.8. The van der Waals surface area contributed by atoms with E-state index >= 15 is 0 Å². The van der Waals surface area contributed by atoms with Gasteiger partial charge in [0.15, 0.2) is 0 Å². The summed E-state index contributed by atoms with van der Waals surface area (Å²) in [4.78, 5) is 11.2. The van der Waals surface area contributed by atoms with Crippen LogP contribution in [-0.4, -0.2) is 13.1 Å². The third-order valence-electron chi connectivity index (χ3n) is 2.46. The molecule has 2 rings (SSSR count). The van der Waals surface area contributed by atoms with Crippen LogP contribution in [0.4, 0.5) is 10.1 Å². The zero-order valence-electron chi connectivity index (χ0n) is 10.1. The quantitative estimate of drug-likeness (QED) is 0.873. The molecular weight excluding hydrogens is 273 g/mol. The van der Waals surface area contributed by atoms with Crippen LogP contribution < -0.4 is 5.32 Å². The van der Waals surface area contributed by atoms with Gasteiger partial charge in [0.05, 0.1) is 29.9 Å². The number of benzene rings is 1. The molecule has 0 aliphatic carbocycles. The van der Waals surface area contributed by atoms with Crippen LogP contribution >= 0.6 is 11.6 Å². The Morgan fingerprint density at radius 2 is 2.26 bits per heavy atom. The molecule has 1 aromatic carbocycles.